The summed E-state index contributed by atoms with van der Waals surface area (Å²) < 4.78 is 5.29. The molecule has 1 atom stereocenters. The Hall–Kier alpha value is -2.51. The Kier molecular flexibility index (Phi) is 9.70. The Morgan fingerprint density at radius 1 is 1.20 bits per heavy atom. The van der Waals surface area contributed by atoms with Gasteiger partial charge in [-0.25, -0.2) is 9.78 Å². The van der Waals surface area contributed by atoms with Crippen LogP contribution in [0.5, 0.6) is 0 Å². The number of carbonyl (C=O) groups is 1. The number of nitrogens with one attached hydrogen (secondary N) is 1. The van der Waals surface area contributed by atoms with Crippen molar-refractivity contribution >= 4 is 29.1 Å². The minimum Gasteiger partial charge on any atom is -0.479 e. The van der Waals surface area contributed by atoms with Crippen molar-refractivity contribution in [2.45, 2.75) is 45.6 Å². The number of carboxylic acids is 1. The lowest BCUT2D eigenvalue weighted by molar-refractivity contribution is -0.149. The summed E-state index contributed by atoms with van der Waals surface area (Å²) in [6.45, 7) is 5.20. The van der Waals surface area contributed by atoms with Crippen LogP contribution in [0.2, 0.25) is 0 Å². The lowest BCUT2D eigenvalue weighted by atomic mass is 10.0. The third-order valence-electron chi connectivity index (χ3n) is 4.75. The smallest absolute Gasteiger partial charge is 0.333 e. The summed E-state index contributed by atoms with van der Waals surface area (Å²) in [7, 11) is 1.91. The van der Waals surface area contributed by atoms with Crippen molar-refractivity contribution in [1.29, 1.82) is 0 Å². The van der Waals surface area contributed by atoms with Crippen molar-refractivity contribution in [2.24, 2.45) is 0 Å². The second-order valence-electron chi connectivity index (χ2n) is 7.06. The molecule has 0 amide bonds. The van der Waals surface area contributed by atoms with Crippen LogP contribution in [-0.4, -0.2) is 47.5 Å². The number of nitrogens with zero attached hydrogens (tertiary/aromatic N) is 2. The Labute approximate surface area is 184 Å². The van der Waals surface area contributed by atoms with Crippen molar-refractivity contribution in [3.8, 4) is 11.3 Å². The molecule has 162 valence electrons. The monoisotopic (exact) mass is 429 g/mol. The predicted octanol–water partition coefficient (Wildman–Crippen LogP) is 4.28. The molecule has 0 radical (unpaired) electrons. The zero-order valence-corrected chi connectivity index (χ0v) is 18.7. The van der Waals surface area contributed by atoms with Crippen LogP contribution >= 0.6 is 12.2 Å². The van der Waals surface area contributed by atoms with Crippen LogP contribution in [0.3, 0.4) is 0 Å². The van der Waals surface area contributed by atoms with Gasteiger partial charge in [0.05, 0.1) is 5.69 Å². The molecule has 7 heteroatoms. The number of carboxylic acid groups (broad SMARTS) is 1. The first-order valence-electron chi connectivity index (χ1n) is 10.4. The van der Waals surface area contributed by atoms with Crippen LogP contribution in [0.1, 0.15) is 38.7 Å². The maximum absolute atomic E-state index is 11.3. The average molecular weight is 430 g/mol. The highest BCUT2D eigenvalue weighted by Gasteiger charge is 2.18. The van der Waals surface area contributed by atoms with Gasteiger partial charge >= 0.3 is 5.97 Å². The molecule has 0 saturated heterocycles. The summed E-state index contributed by atoms with van der Waals surface area (Å²) >= 11 is 5.48. The number of unbranched alkanes of at least 4 members (excludes halogenated alkanes) is 2. The number of aliphatic carboxylic acids is 1. The van der Waals surface area contributed by atoms with E-state index in [4.69, 9.17) is 21.9 Å². The SMILES string of the molecule is CCCCCNC(=S)N(C)c1cccc(-c2ccc(C[C@H](OCC)C(=O)O)cc2)n1. The van der Waals surface area contributed by atoms with Crippen LogP contribution in [0.15, 0.2) is 42.5 Å². The molecule has 6 nitrogen and oxygen atoms in total. The van der Waals surface area contributed by atoms with Gasteiger partial charge in [-0.05, 0) is 43.3 Å². The van der Waals surface area contributed by atoms with Crippen molar-refractivity contribution in [1.82, 2.24) is 10.3 Å². The molecule has 2 N–H and O–H groups in total. The lowest BCUT2D eigenvalue weighted by Crippen LogP contribution is -2.37. The number of rotatable bonds is 11. The molecule has 1 aromatic heterocycles. The van der Waals surface area contributed by atoms with Gasteiger partial charge in [-0.3, -0.25) is 0 Å². The van der Waals surface area contributed by atoms with E-state index in [1.165, 1.54) is 12.8 Å². The quantitative estimate of drug-likeness (QED) is 0.408. The number of hydrogen-bond acceptors (Lipinski definition) is 4. The van der Waals surface area contributed by atoms with E-state index in [0.717, 1.165) is 35.6 Å². The second-order valence-corrected chi connectivity index (χ2v) is 7.45. The summed E-state index contributed by atoms with van der Waals surface area (Å²) in [6.07, 6.45) is 2.95. The Morgan fingerprint density at radius 3 is 2.57 bits per heavy atom. The predicted molar refractivity (Wildman–Crippen MR) is 125 cm³/mol. The van der Waals surface area contributed by atoms with Gasteiger partial charge in [0.2, 0.25) is 0 Å². The van der Waals surface area contributed by atoms with Gasteiger partial charge in [0.15, 0.2) is 11.2 Å². The van der Waals surface area contributed by atoms with Crippen molar-refractivity contribution in [3.05, 3.63) is 48.0 Å². The summed E-state index contributed by atoms with van der Waals surface area (Å²) in [4.78, 5) is 17.9. The lowest BCUT2D eigenvalue weighted by Gasteiger charge is -2.20. The number of pyridine rings is 1. The fraction of sp³-hybridized carbons (Fsp3) is 0.435. The van der Waals surface area contributed by atoms with Crippen LogP contribution in [0.25, 0.3) is 11.3 Å². The number of anilines is 1. The van der Waals surface area contributed by atoms with E-state index >= 15 is 0 Å². The fourth-order valence-corrected chi connectivity index (χ4v) is 3.20. The first kappa shape index (κ1) is 23.8. The Balaban J connectivity index is 2.06. The van der Waals surface area contributed by atoms with Crippen molar-refractivity contribution in [2.75, 3.05) is 25.1 Å². The number of ether oxygens (including phenoxy) is 1. The zero-order valence-electron chi connectivity index (χ0n) is 17.9. The van der Waals surface area contributed by atoms with Crippen LogP contribution in [0, 0.1) is 0 Å². The van der Waals surface area contributed by atoms with E-state index < -0.39 is 12.1 Å². The Bertz CT molecular complexity index is 827. The third kappa shape index (κ3) is 7.07. The average Bonchev–Trinajstić information content (AvgIpc) is 2.76. The molecule has 2 aromatic rings. The largest absolute Gasteiger partial charge is 0.479 e. The molecule has 0 aliphatic heterocycles. The molecule has 1 aromatic carbocycles. The highest BCUT2D eigenvalue weighted by molar-refractivity contribution is 7.80. The minimum atomic E-state index is -0.947. The van der Waals surface area contributed by atoms with Gasteiger partial charge in [-0.1, -0.05) is 50.1 Å². The van der Waals surface area contributed by atoms with Crippen LogP contribution in [-0.2, 0) is 16.0 Å². The van der Waals surface area contributed by atoms with Gasteiger partial charge in [0.25, 0.3) is 0 Å². The van der Waals surface area contributed by atoms with E-state index in [9.17, 15) is 9.90 Å². The van der Waals surface area contributed by atoms with E-state index in [-0.39, 0.29) is 0 Å². The van der Waals surface area contributed by atoms with Gasteiger partial charge in [-0.2, -0.15) is 0 Å². The van der Waals surface area contributed by atoms with Crippen LogP contribution in [0.4, 0.5) is 5.82 Å². The molecule has 0 aliphatic rings. The highest BCUT2D eigenvalue weighted by atomic mass is 32.1. The number of benzene rings is 1. The summed E-state index contributed by atoms with van der Waals surface area (Å²) in [6, 6.07) is 13.6. The molecule has 0 aliphatic carbocycles. The van der Waals surface area contributed by atoms with E-state index in [1.54, 1.807) is 6.92 Å². The second kappa shape index (κ2) is 12.2. The standard InChI is InChI=1S/C23H31N3O3S/c1-4-6-7-15-24-23(30)26(3)21-10-8-9-19(25-21)18-13-11-17(12-14-18)16-20(22(27)28)29-5-2/h8-14,20H,4-7,15-16H2,1-3H3,(H,24,30)(H,27,28)/t20-/m0/s1. The van der Waals surface area contributed by atoms with Gasteiger partial charge in [0, 0.05) is 32.2 Å². The molecular weight excluding hydrogens is 398 g/mol. The molecule has 1 heterocycles. The molecular formula is C23H31N3O3S. The third-order valence-corrected chi connectivity index (χ3v) is 5.17. The van der Waals surface area contributed by atoms with Gasteiger partial charge in [0.1, 0.15) is 5.82 Å². The van der Waals surface area contributed by atoms with Gasteiger partial charge in [-0.15, -0.1) is 0 Å². The normalized spacial score (nSPS) is 11.7. The van der Waals surface area contributed by atoms with Crippen LogP contribution < -0.4 is 10.2 Å². The number of thiocarbonyl (C=S) groups is 1. The first-order valence-corrected chi connectivity index (χ1v) is 10.8. The molecule has 0 fully saturated rings. The summed E-state index contributed by atoms with van der Waals surface area (Å²) in [5.41, 5.74) is 2.70. The maximum Gasteiger partial charge on any atom is 0.333 e. The maximum atomic E-state index is 11.3. The van der Waals surface area contributed by atoms with Crippen molar-refractivity contribution < 1.29 is 14.6 Å². The molecule has 0 spiro atoms. The number of aromatic nitrogens is 1. The van der Waals surface area contributed by atoms with Crippen molar-refractivity contribution in [3.63, 3.8) is 0 Å². The van der Waals surface area contributed by atoms with E-state index in [1.807, 2.05) is 54.4 Å². The zero-order chi connectivity index (χ0) is 21.9. The molecule has 2 rings (SSSR count). The topological polar surface area (TPSA) is 74.7 Å². The minimum absolute atomic E-state index is 0.331. The molecule has 0 unspecified atom stereocenters. The molecule has 30 heavy (non-hydrogen) atoms. The summed E-state index contributed by atoms with van der Waals surface area (Å²) in [5.74, 6) is -0.176. The van der Waals surface area contributed by atoms with E-state index in [2.05, 4.69) is 12.2 Å². The number of hydrogen-bond donors (Lipinski definition) is 2. The molecule has 0 bridgehead atoms. The summed E-state index contributed by atoms with van der Waals surface area (Å²) in [5, 5.41) is 13.2. The highest BCUT2D eigenvalue weighted by Crippen LogP contribution is 2.21. The van der Waals surface area contributed by atoms with E-state index in [0.29, 0.717) is 18.1 Å². The van der Waals surface area contributed by atoms with Gasteiger partial charge < -0.3 is 20.1 Å². The molecule has 0 saturated carbocycles. The first-order chi connectivity index (χ1) is 14.5. The Morgan fingerprint density at radius 2 is 1.93 bits per heavy atom. The fourth-order valence-electron chi connectivity index (χ4n) is 3.01.